The second-order valence-corrected chi connectivity index (χ2v) is 1.54. The van der Waals surface area contributed by atoms with Crippen LogP contribution in [0.25, 0.3) is 0 Å². The number of carbonyl (C=O) groups is 1. The molecule has 0 aliphatic carbocycles. The van der Waals surface area contributed by atoms with E-state index in [4.69, 9.17) is 10.2 Å². The van der Waals surface area contributed by atoms with Gasteiger partial charge in [0.15, 0.2) is 17.4 Å². The average Bonchev–Trinajstić information content (AvgIpc) is 1.62. The molecule has 0 aromatic heterocycles. The van der Waals surface area contributed by atoms with Crippen LogP contribution in [0.5, 0.6) is 0 Å². The maximum Gasteiger partial charge on any atom is 1.00 e. The zero-order chi connectivity index (χ0) is 6.78. The largest absolute Gasteiger partial charge is 1.00 e. The minimum absolute atomic E-state index is 0. The third-order valence-electron chi connectivity index (χ3n) is 0.457. The molecule has 0 aromatic rings. The van der Waals surface area contributed by atoms with E-state index in [1.54, 1.807) is 0 Å². The standard InChI is InChI=1S/C3H5ClO4.Al.2Na.5H/c1-3(6,7)2(5)8-4;;;;;;;;/h6-7H,1H3;;;;;;;;/q;;2*+1;;;;2*-1. The monoisotopic (exact) mass is 218 g/mol. The third-order valence-corrected chi connectivity index (χ3v) is 0.597. The Morgan fingerprint density at radius 3 is 1.82 bits per heavy atom. The average molecular weight is 219 g/mol. The fourth-order valence-corrected chi connectivity index (χ4v) is 0.219. The number of halogens is 1. The Morgan fingerprint density at radius 1 is 1.55 bits per heavy atom. The fraction of sp³-hybridized carbons (Fsp3) is 0.667. The van der Waals surface area contributed by atoms with E-state index in [9.17, 15) is 4.79 Å². The second-order valence-electron chi connectivity index (χ2n) is 1.39. The van der Waals surface area contributed by atoms with Gasteiger partial charge in [0.1, 0.15) is 11.9 Å². The molecule has 0 unspecified atom stereocenters. The van der Waals surface area contributed by atoms with E-state index in [-0.39, 0.29) is 79.3 Å². The van der Waals surface area contributed by atoms with Crippen LogP contribution < -0.4 is 59.1 Å². The summed E-state index contributed by atoms with van der Waals surface area (Å²) in [5.41, 5.74) is 0. The van der Waals surface area contributed by atoms with Crippen LogP contribution in [0.1, 0.15) is 9.78 Å². The van der Waals surface area contributed by atoms with Crippen LogP contribution in [0.2, 0.25) is 0 Å². The molecular weight excluding hydrogens is 208 g/mol. The van der Waals surface area contributed by atoms with Crippen LogP contribution in [-0.2, 0) is 9.08 Å². The first-order chi connectivity index (χ1) is 3.48. The van der Waals surface area contributed by atoms with Gasteiger partial charge in [-0.15, -0.1) is 0 Å². The number of carbonyl (C=O) groups excluding carboxylic acids is 1. The van der Waals surface area contributed by atoms with Crippen molar-refractivity contribution in [3.8, 4) is 0 Å². The molecular formula is C3H10AlClNa2O4. The normalized spacial score (nSPS) is 8.00. The van der Waals surface area contributed by atoms with E-state index < -0.39 is 11.8 Å². The van der Waals surface area contributed by atoms with Crippen molar-refractivity contribution in [2.24, 2.45) is 0 Å². The summed E-state index contributed by atoms with van der Waals surface area (Å²) in [6, 6.07) is 0. The number of aliphatic hydroxyl groups is 2. The molecule has 8 heteroatoms. The van der Waals surface area contributed by atoms with Crippen molar-refractivity contribution >= 4 is 35.2 Å². The van der Waals surface area contributed by atoms with Crippen molar-refractivity contribution in [3.63, 3.8) is 0 Å². The molecule has 0 saturated heterocycles. The molecule has 0 radical (unpaired) electrons. The van der Waals surface area contributed by atoms with Gasteiger partial charge < -0.3 is 17.4 Å². The second kappa shape index (κ2) is 10.3. The van der Waals surface area contributed by atoms with Gasteiger partial charge in [0, 0.05) is 6.92 Å². The molecule has 0 aliphatic rings. The number of rotatable bonds is 1. The Morgan fingerprint density at radius 2 is 1.82 bits per heavy atom. The van der Waals surface area contributed by atoms with Crippen molar-refractivity contribution in [2.45, 2.75) is 12.7 Å². The minimum Gasteiger partial charge on any atom is -1.00 e. The van der Waals surface area contributed by atoms with Crippen LogP contribution >= 0.6 is 11.9 Å². The van der Waals surface area contributed by atoms with Crippen molar-refractivity contribution in [1.82, 2.24) is 0 Å². The van der Waals surface area contributed by atoms with Gasteiger partial charge in [-0.3, -0.25) is 0 Å². The topological polar surface area (TPSA) is 66.8 Å². The summed E-state index contributed by atoms with van der Waals surface area (Å²) in [6.07, 6.45) is 0. The van der Waals surface area contributed by atoms with Crippen molar-refractivity contribution in [3.05, 3.63) is 0 Å². The molecule has 0 amide bonds. The van der Waals surface area contributed by atoms with Crippen LogP contribution in [0, 0.1) is 0 Å². The molecule has 0 aromatic carbocycles. The van der Waals surface area contributed by atoms with E-state index >= 15 is 0 Å². The summed E-state index contributed by atoms with van der Waals surface area (Å²) in [5, 5.41) is 16.6. The van der Waals surface area contributed by atoms with Crippen LogP contribution in [-0.4, -0.2) is 39.3 Å². The molecule has 0 atom stereocenters. The van der Waals surface area contributed by atoms with Gasteiger partial charge in [0.05, 0.1) is 0 Å². The van der Waals surface area contributed by atoms with Gasteiger partial charge >= 0.3 is 65.1 Å². The Balaban J connectivity index is -0.0000000245. The third kappa shape index (κ3) is 12.2. The molecule has 4 nitrogen and oxygen atoms in total. The molecule has 0 aliphatic heterocycles. The summed E-state index contributed by atoms with van der Waals surface area (Å²) in [5.74, 6) is -3.78. The Bertz CT molecular complexity index is 114. The SMILES string of the molecule is CC(O)(O)C(=O)OCl.[AlH3].[H-].[H-].[Na+].[Na+]. The molecule has 0 heterocycles. The maximum atomic E-state index is 9.98. The van der Waals surface area contributed by atoms with Gasteiger partial charge in [-0.2, -0.15) is 0 Å². The molecule has 58 valence electrons. The Labute approximate surface area is 127 Å². The molecule has 0 bridgehead atoms. The first-order valence-corrected chi connectivity index (χ1v) is 2.07. The van der Waals surface area contributed by atoms with Crippen molar-refractivity contribution in [2.75, 3.05) is 0 Å². The zero-order valence-corrected chi connectivity index (χ0v) is 10.8. The predicted octanol–water partition coefficient (Wildman–Crippen LogP) is -7.57. The minimum atomic E-state index is -2.48. The smallest absolute Gasteiger partial charge is 1.00 e. The molecule has 0 rings (SSSR count). The molecule has 11 heavy (non-hydrogen) atoms. The van der Waals surface area contributed by atoms with Gasteiger partial charge in [-0.1, -0.05) is 0 Å². The molecule has 2 N–H and O–H groups in total. The summed E-state index contributed by atoms with van der Waals surface area (Å²) in [7, 11) is 0. The van der Waals surface area contributed by atoms with Crippen LogP contribution in [0.4, 0.5) is 0 Å². The van der Waals surface area contributed by atoms with E-state index in [2.05, 4.69) is 16.2 Å². The summed E-state index contributed by atoms with van der Waals surface area (Å²) in [4.78, 5) is 9.98. The van der Waals surface area contributed by atoms with Gasteiger partial charge in [-0.05, 0) is 0 Å². The summed E-state index contributed by atoms with van der Waals surface area (Å²) in [6.45, 7) is 0.845. The van der Waals surface area contributed by atoms with Crippen molar-refractivity contribution in [1.29, 1.82) is 0 Å². The summed E-state index contributed by atoms with van der Waals surface area (Å²) >= 11 is 4.47. The van der Waals surface area contributed by atoms with Gasteiger partial charge in [-0.25, -0.2) is 4.79 Å². The van der Waals surface area contributed by atoms with Crippen molar-refractivity contribution < 1.29 is 81.3 Å². The fourth-order valence-electron chi connectivity index (χ4n) is 0.0731. The predicted molar refractivity (Wildman–Crippen MR) is 37.0 cm³/mol. The van der Waals surface area contributed by atoms with E-state index in [0.29, 0.717) is 0 Å². The molecule has 0 saturated carbocycles. The first kappa shape index (κ1) is 23.2. The van der Waals surface area contributed by atoms with E-state index in [1.165, 1.54) is 0 Å². The van der Waals surface area contributed by atoms with E-state index in [0.717, 1.165) is 6.92 Å². The first-order valence-electron chi connectivity index (χ1n) is 1.76. The number of hydrogen-bond donors (Lipinski definition) is 2. The Kier molecular flexibility index (Phi) is 21.7. The number of hydrogen-bond acceptors (Lipinski definition) is 4. The molecule has 0 spiro atoms. The quantitative estimate of drug-likeness (QED) is 0.339. The Hall–Kier alpha value is 2.21. The summed E-state index contributed by atoms with van der Waals surface area (Å²) < 4.78 is 3.45. The maximum absolute atomic E-state index is 9.98. The molecule has 0 fully saturated rings. The van der Waals surface area contributed by atoms with Gasteiger partial charge in [0.2, 0.25) is 0 Å². The van der Waals surface area contributed by atoms with Gasteiger partial charge in [0.25, 0.3) is 5.79 Å². The zero-order valence-electron chi connectivity index (χ0n) is 8.09. The van der Waals surface area contributed by atoms with Crippen LogP contribution in [0.15, 0.2) is 0 Å². The van der Waals surface area contributed by atoms with E-state index in [1.807, 2.05) is 0 Å². The van der Waals surface area contributed by atoms with Crippen LogP contribution in [0.3, 0.4) is 0 Å².